The van der Waals surface area contributed by atoms with Crippen molar-refractivity contribution in [3.05, 3.63) is 57.2 Å². The standard InChI is InChI=1S/C19H19ClN4O3S2/c1-11-8-14(18(26)27-3)17(29-11)21-16(25)10-28-19-23-22-15(24(19)2)9-12-4-6-13(20)7-5-12/h4-8H,9-10H2,1-3H3,(H,21,25). The molecular weight excluding hydrogens is 432 g/mol. The molecule has 0 saturated heterocycles. The minimum Gasteiger partial charge on any atom is -0.465 e. The van der Waals surface area contributed by atoms with Crippen LogP contribution in [0.3, 0.4) is 0 Å². The van der Waals surface area contributed by atoms with E-state index in [1.165, 1.54) is 30.2 Å². The van der Waals surface area contributed by atoms with Crippen molar-refractivity contribution in [2.45, 2.75) is 18.5 Å². The molecule has 0 fully saturated rings. The zero-order valence-corrected chi connectivity index (χ0v) is 18.5. The van der Waals surface area contributed by atoms with E-state index in [2.05, 4.69) is 15.5 Å². The smallest absolute Gasteiger partial charge is 0.340 e. The van der Waals surface area contributed by atoms with Gasteiger partial charge in [0, 0.05) is 23.4 Å². The van der Waals surface area contributed by atoms with Crippen LogP contribution in [-0.4, -0.2) is 39.5 Å². The second-order valence-electron chi connectivity index (χ2n) is 6.19. The van der Waals surface area contributed by atoms with Gasteiger partial charge in [0.15, 0.2) is 5.16 Å². The van der Waals surface area contributed by atoms with E-state index in [1.54, 1.807) is 6.07 Å². The number of halogens is 1. The van der Waals surface area contributed by atoms with Gasteiger partial charge in [-0.3, -0.25) is 4.79 Å². The number of anilines is 1. The molecule has 0 aliphatic carbocycles. The van der Waals surface area contributed by atoms with Gasteiger partial charge < -0.3 is 14.6 Å². The Hall–Kier alpha value is -2.36. The number of hydrogen-bond donors (Lipinski definition) is 1. The first-order valence-electron chi connectivity index (χ1n) is 8.61. The Balaban J connectivity index is 1.60. The largest absolute Gasteiger partial charge is 0.465 e. The lowest BCUT2D eigenvalue weighted by molar-refractivity contribution is -0.113. The monoisotopic (exact) mass is 450 g/mol. The Bertz CT molecular complexity index is 1030. The first-order chi connectivity index (χ1) is 13.9. The maximum atomic E-state index is 12.4. The zero-order valence-electron chi connectivity index (χ0n) is 16.1. The van der Waals surface area contributed by atoms with E-state index in [0.29, 0.717) is 27.2 Å². The van der Waals surface area contributed by atoms with Gasteiger partial charge in [-0.05, 0) is 30.7 Å². The summed E-state index contributed by atoms with van der Waals surface area (Å²) in [5.41, 5.74) is 1.43. The van der Waals surface area contributed by atoms with Crippen molar-refractivity contribution < 1.29 is 14.3 Å². The van der Waals surface area contributed by atoms with Crippen LogP contribution >= 0.6 is 34.7 Å². The fourth-order valence-electron chi connectivity index (χ4n) is 2.57. The average molecular weight is 451 g/mol. The van der Waals surface area contributed by atoms with Crippen molar-refractivity contribution in [3.63, 3.8) is 0 Å². The summed E-state index contributed by atoms with van der Waals surface area (Å²) in [6.45, 7) is 1.86. The summed E-state index contributed by atoms with van der Waals surface area (Å²) in [7, 11) is 3.18. The predicted molar refractivity (Wildman–Crippen MR) is 115 cm³/mol. The van der Waals surface area contributed by atoms with E-state index in [0.717, 1.165) is 16.3 Å². The molecule has 0 radical (unpaired) electrons. The molecule has 1 N–H and O–H groups in total. The second kappa shape index (κ2) is 9.43. The number of nitrogens with zero attached hydrogens (tertiary/aromatic N) is 3. The second-order valence-corrected chi connectivity index (χ2v) is 8.82. The molecular formula is C19H19ClN4O3S2. The number of aryl methyl sites for hydroxylation is 1. The summed E-state index contributed by atoms with van der Waals surface area (Å²) < 4.78 is 6.62. The van der Waals surface area contributed by atoms with Gasteiger partial charge in [-0.25, -0.2) is 4.79 Å². The molecule has 1 amide bonds. The number of rotatable bonds is 7. The Morgan fingerprint density at radius 3 is 2.69 bits per heavy atom. The van der Waals surface area contributed by atoms with Gasteiger partial charge >= 0.3 is 5.97 Å². The highest BCUT2D eigenvalue weighted by Gasteiger charge is 2.18. The van der Waals surface area contributed by atoms with Crippen molar-refractivity contribution in [1.29, 1.82) is 0 Å². The van der Waals surface area contributed by atoms with E-state index >= 15 is 0 Å². The summed E-state index contributed by atoms with van der Waals surface area (Å²) in [6.07, 6.45) is 0.615. The van der Waals surface area contributed by atoms with E-state index in [1.807, 2.05) is 42.8 Å². The SMILES string of the molecule is COC(=O)c1cc(C)sc1NC(=O)CSc1nnc(Cc2ccc(Cl)cc2)n1C. The number of methoxy groups -OCH3 is 1. The minimum absolute atomic E-state index is 0.143. The van der Waals surface area contributed by atoms with Crippen molar-refractivity contribution in [2.75, 3.05) is 18.2 Å². The van der Waals surface area contributed by atoms with Crippen molar-refractivity contribution in [1.82, 2.24) is 14.8 Å². The lowest BCUT2D eigenvalue weighted by atomic mass is 10.1. The van der Waals surface area contributed by atoms with Gasteiger partial charge in [0.2, 0.25) is 5.91 Å². The molecule has 152 valence electrons. The number of thioether (sulfide) groups is 1. The maximum Gasteiger partial charge on any atom is 0.340 e. The number of ether oxygens (including phenoxy) is 1. The van der Waals surface area contributed by atoms with Gasteiger partial charge in [-0.1, -0.05) is 35.5 Å². The van der Waals surface area contributed by atoms with Gasteiger partial charge in [0.05, 0.1) is 18.4 Å². The summed E-state index contributed by atoms with van der Waals surface area (Å²) in [5.74, 6) is 0.226. The van der Waals surface area contributed by atoms with Gasteiger partial charge in [-0.2, -0.15) is 0 Å². The van der Waals surface area contributed by atoms with E-state index in [4.69, 9.17) is 16.3 Å². The summed E-state index contributed by atoms with van der Waals surface area (Å²) >= 11 is 8.53. The fourth-order valence-corrected chi connectivity index (χ4v) is 4.34. The highest BCUT2D eigenvalue weighted by molar-refractivity contribution is 7.99. The number of amides is 1. The molecule has 0 saturated carbocycles. The Morgan fingerprint density at radius 1 is 1.28 bits per heavy atom. The number of thiophene rings is 1. The lowest BCUT2D eigenvalue weighted by Gasteiger charge is -2.06. The number of hydrogen-bond acceptors (Lipinski definition) is 7. The topological polar surface area (TPSA) is 86.1 Å². The van der Waals surface area contributed by atoms with Crippen LogP contribution in [0.15, 0.2) is 35.5 Å². The van der Waals surface area contributed by atoms with E-state index in [9.17, 15) is 9.59 Å². The molecule has 0 aliphatic heterocycles. The van der Waals surface area contributed by atoms with Crippen molar-refractivity contribution in [3.8, 4) is 0 Å². The highest BCUT2D eigenvalue weighted by Crippen LogP contribution is 2.28. The molecule has 1 aromatic carbocycles. The highest BCUT2D eigenvalue weighted by atomic mass is 35.5. The zero-order chi connectivity index (χ0) is 21.0. The molecule has 29 heavy (non-hydrogen) atoms. The minimum atomic E-state index is -0.475. The number of nitrogens with one attached hydrogen (secondary N) is 1. The molecule has 3 rings (SSSR count). The quantitative estimate of drug-likeness (QED) is 0.433. The van der Waals surface area contributed by atoms with Crippen LogP contribution in [-0.2, 0) is 23.0 Å². The summed E-state index contributed by atoms with van der Waals surface area (Å²) in [4.78, 5) is 25.1. The summed E-state index contributed by atoms with van der Waals surface area (Å²) in [5, 5.41) is 13.0. The van der Waals surface area contributed by atoms with E-state index < -0.39 is 5.97 Å². The molecule has 2 heterocycles. The number of carbonyl (C=O) groups is 2. The number of esters is 1. The summed E-state index contributed by atoms with van der Waals surface area (Å²) in [6, 6.07) is 9.26. The average Bonchev–Trinajstić information content (AvgIpc) is 3.23. The Morgan fingerprint density at radius 2 is 2.00 bits per heavy atom. The molecule has 0 atom stereocenters. The molecule has 10 heteroatoms. The number of benzene rings is 1. The predicted octanol–water partition coefficient (Wildman–Crippen LogP) is 3.95. The Labute approximate surface area is 181 Å². The fraction of sp³-hybridized carbons (Fsp3) is 0.263. The van der Waals surface area contributed by atoms with E-state index in [-0.39, 0.29) is 11.7 Å². The third-order valence-electron chi connectivity index (χ3n) is 4.05. The molecule has 0 aliphatic rings. The lowest BCUT2D eigenvalue weighted by Crippen LogP contribution is -2.16. The first-order valence-corrected chi connectivity index (χ1v) is 10.8. The molecule has 0 bridgehead atoms. The third-order valence-corrected chi connectivity index (χ3v) is 6.28. The van der Waals surface area contributed by atoms with Gasteiger partial charge in [0.1, 0.15) is 10.8 Å². The van der Waals surface area contributed by atoms with Crippen LogP contribution in [0.25, 0.3) is 0 Å². The first kappa shape index (κ1) is 21.4. The van der Waals surface area contributed by atoms with Crippen LogP contribution in [0, 0.1) is 6.92 Å². The third kappa shape index (κ3) is 5.37. The molecule has 7 nitrogen and oxygen atoms in total. The van der Waals surface area contributed by atoms with Crippen LogP contribution in [0.5, 0.6) is 0 Å². The molecule has 0 unspecified atom stereocenters. The van der Waals surface area contributed by atoms with Gasteiger partial charge in [-0.15, -0.1) is 21.5 Å². The molecule has 2 aromatic heterocycles. The van der Waals surface area contributed by atoms with Crippen LogP contribution < -0.4 is 5.32 Å². The van der Waals surface area contributed by atoms with Crippen LogP contribution in [0.1, 0.15) is 26.6 Å². The van der Waals surface area contributed by atoms with Crippen molar-refractivity contribution in [2.24, 2.45) is 7.05 Å². The maximum absolute atomic E-state index is 12.4. The Kier molecular flexibility index (Phi) is 6.94. The molecule has 3 aromatic rings. The number of carbonyl (C=O) groups excluding carboxylic acids is 2. The van der Waals surface area contributed by atoms with Gasteiger partial charge in [0.25, 0.3) is 0 Å². The van der Waals surface area contributed by atoms with Crippen molar-refractivity contribution >= 4 is 51.6 Å². The normalized spacial score (nSPS) is 10.8. The van der Waals surface area contributed by atoms with Crippen LogP contribution in [0.4, 0.5) is 5.00 Å². The molecule has 0 spiro atoms. The number of aromatic nitrogens is 3. The van der Waals surface area contributed by atoms with Crippen LogP contribution in [0.2, 0.25) is 5.02 Å².